The molecule has 6 nitrogen and oxygen atoms in total. The van der Waals surface area contributed by atoms with Crippen LogP contribution in [0.1, 0.15) is 5.56 Å². The average molecular weight is 265 g/mol. The zero-order valence-corrected chi connectivity index (χ0v) is 9.91. The highest BCUT2D eigenvalue weighted by atomic mass is 35.5. The van der Waals surface area contributed by atoms with Gasteiger partial charge in [-0.05, 0) is 18.2 Å². The van der Waals surface area contributed by atoms with Crippen LogP contribution in [0.5, 0.6) is 0 Å². The van der Waals surface area contributed by atoms with Gasteiger partial charge >= 0.3 is 11.4 Å². The molecule has 0 unspecified atom stereocenters. The van der Waals surface area contributed by atoms with Crippen LogP contribution in [0.3, 0.4) is 0 Å². The number of aromatic amines is 2. The topological polar surface area (TPSA) is 96.7 Å². The van der Waals surface area contributed by atoms with Crippen LogP contribution >= 0.6 is 11.6 Å². The minimum atomic E-state index is -0.571. The van der Waals surface area contributed by atoms with Gasteiger partial charge in [0.2, 0.25) is 0 Å². The van der Waals surface area contributed by atoms with E-state index < -0.39 is 11.4 Å². The monoisotopic (exact) mass is 264 g/mol. The lowest BCUT2D eigenvalue weighted by Crippen LogP contribution is -2.25. The van der Waals surface area contributed by atoms with E-state index in [0.717, 1.165) is 4.57 Å². The highest BCUT2D eigenvalue weighted by molar-refractivity contribution is 6.30. The highest BCUT2D eigenvalue weighted by Crippen LogP contribution is 2.16. The first-order chi connectivity index (χ1) is 8.63. The van der Waals surface area contributed by atoms with Crippen LogP contribution in [0.2, 0.25) is 5.02 Å². The summed E-state index contributed by atoms with van der Waals surface area (Å²) in [5.41, 5.74) is 4.96. The summed E-state index contributed by atoms with van der Waals surface area (Å²) in [6.45, 7) is 0.171. The van der Waals surface area contributed by atoms with Crippen LogP contribution in [0, 0.1) is 11.8 Å². The van der Waals surface area contributed by atoms with Crippen LogP contribution in [0.15, 0.2) is 27.8 Å². The maximum Gasteiger partial charge on any atom is 0.349 e. The van der Waals surface area contributed by atoms with E-state index in [2.05, 4.69) is 22.0 Å². The van der Waals surface area contributed by atoms with Crippen molar-refractivity contribution in [1.29, 1.82) is 0 Å². The van der Waals surface area contributed by atoms with Crippen molar-refractivity contribution in [2.45, 2.75) is 0 Å². The summed E-state index contributed by atoms with van der Waals surface area (Å²) in [5.74, 6) is 5.42. The number of nitrogens with two attached hydrogens (primary N) is 1. The highest BCUT2D eigenvalue weighted by Gasteiger charge is 2.10. The lowest BCUT2D eigenvalue weighted by molar-refractivity contribution is 0.948. The normalized spacial score (nSPS) is 9.89. The van der Waals surface area contributed by atoms with Crippen molar-refractivity contribution in [2.75, 3.05) is 6.54 Å². The van der Waals surface area contributed by atoms with Crippen molar-refractivity contribution in [3.05, 3.63) is 49.8 Å². The van der Waals surface area contributed by atoms with Crippen LogP contribution in [-0.2, 0) is 0 Å². The van der Waals surface area contributed by atoms with E-state index in [1.54, 1.807) is 18.2 Å². The van der Waals surface area contributed by atoms with Crippen LogP contribution in [0.4, 0.5) is 0 Å². The van der Waals surface area contributed by atoms with Crippen molar-refractivity contribution in [3.63, 3.8) is 0 Å². The Morgan fingerprint density at radius 3 is 2.56 bits per heavy atom. The largest absolute Gasteiger partial charge is 0.349 e. The Hall–Kier alpha value is -2.23. The number of rotatable bonds is 1. The Morgan fingerprint density at radius 2 is 1.94 bits per heavy atom. The van der Waals surface area contributed by atoms with Crippen molar-refractivity contribution in [2.24, 2.45) is 5.73 Å². The number of halogens is 1. The summed E-state index contributed by atoms with van der Waals surface area (Å²) >= 11 is 5.86. The van der Waals surface area contributed by atoms with Gasteiger partial charge in [0.1, 0.15) is 0 Å². The summed E-state index contributed by atoms with van der Waals surface area (Å²) in [4.78, 5) is 23.0. The standard InChI is InChI=1S/C11H9ClN4O2/c12-8-3-4-9(7(6-8)2-1-5-13)16-10(17)14-15-11(16)18/h3-4,6H,5,13H2,(H,14,17)(H,15,18). The molecule has 4 N–H and O–H groups in total. The fourth-order valence-corrected chi connectivity index (χ4v) is 1.65. The van der Waals surface area contributed by atoms with Crippen molar-refractivity contribution >= 4 is 11.6 Å². The number of hydrogen-bond acceptors (Lipinski definition) is 3. The molecule has 18 heavy (non-hydrogen) atoms. The Kier molecular flexibility index (Phi) is 3.37. The molecule has 0 spiro atoms. The minimum absolute atomic E-state index is 0.171. The summed E-state index contributed by atoms with van der Waals surface area (Å²) in [7, 11) is 0. The Bertz CT molecular complexity index is 717. The van der Waals surface area contributed by atoms with E-state index >= 15 is 0 Å². The van der Waals surface area contributed by atoms with Crippen LogP contribution in [0.25, 0.3) is 5.69 Å². The second-order valence-corrected chi connectivity index (χ2v) is 3.80. The molecule has 1 aromatic heterocycles. The summed E-state index contributed by atoms with van der Waals surface area (Å²) < 4.78 is 0.941. The molecule has 0 saturated heterocycles. The van der Waals surface area contributed by atoms with Gasteiger partial charge in [-0.1, -0.05) is 23.4 Å². The molecule has 0 aliphatic carbocycles. The molecule has 1 heterocycles. The van der Waals surface area contributed by atoms with E-state index in [0.29, 0.717) is 16.3 Å². The van der Waals surface area contributed by atoms with Crippen molar-refractivity contribution in [3.8, 4) is 17.5 Å². The molecule has 0 fully saturated rings. The molecule has 0 aliphatic heterocycles. The molecule has 0 bridgehead atoms. The van der Waals surface area contributed by atoms with E-state index in [-0.39, 0.29) is 6.54 Å². The first-order valence-electron chi connectivity index (χ1n) is 5.02. The summed E-state index contributed by atoms with van der Waals surface area (Å²) in [6, 6.07) is 4.69. The SMILES string of the molecule is NCC#Cc1cc(Cl)ccc1-n1c(=O)[nH][nH]c1=O. The zero-order chi connectivity index (χ0) is 13.1. The number of H-pyrrole nitrogens is 2. The third-order valence-electron chi connectivity index (χ3n) is 2.21. The molecule has 0 saturated carbocycles. The van der Waals surface area contributed by atoms with Crippen molar-refractivity contribution in [1.82, 2.24) is 14.8 Å². The summed E-state index contributed by atoms with van der Waals surface area (Å²) in [5, 5.41) is 4.85. The van der Waals surface area contributed by atoms with E-state index in [1.165, 1.54) is 0 Å². The first kappa shape index (κ1) is 12.2. The molecule has 7 heteroatoms. The molecule has 0 radical (unpaired) electrons. The van der Waals surface area contributed by atoms with Gasteiger partial charge in [0.15, 0.2) is 0 Å². The maximum atomic E-state index is 11.5. The van der Waals surface area contributed by atoms with Gasteiger partial charge in [-0.15, -0.1) is 0 Å². The lowest BCUT2D eigenvalue weighted by atomic mass is 10.2. The smallest absolute Gasteiger partial charge is 0.320 e. The summed E-state index contributed by atoms with van der Waals surface area (Å²) in [6.07, 6.45) is 0. The van der Waals surface area contributed by atoms with Gasteiger partial charge in [-0.25, -0.2) is 24.4 Å². The number of benzene rings is 1. The average Bonchev–Trinajstić information content (AvgIpc) is 2.67. The minimum Gasteiger partial charge on any atom is -0.320 e. The third-order valence-corrected chi connectivity index (χ3v) is 2.44. The third kappa shape index (κ3) is 2.22. The maximum absolute atomic E-state index is 11.5. The van der Waals surface area contributed by atoms with E-state index in [4.69, 9.17) is 17.3 Å². The number of aromatic nitrogens is 3. The van der Waals surface area contributed by atoms with Gasteiger partial charge < -0.3 is 5.73 Å². The zero-order valence-electron chi connectivity index (χ0n) is 9.16. The van der Waals surface area contributed by atoms with Gasteiger partial charge in [0.25, 0.3) is 0 Å². The first-order valence-corrected chi connectivity index (χ1v) is 5.40. The quantitative estimate of drug-likeness (QED) is 0.623. The molecule has 2 aromatic rings. The number of nitrogens with zero attached hydrogens (tertiary/aromatic N) is 1. The molecule has 92 valence electrons. The fourth-order valence-electron chi connectivity index (χ4n) is 1.48. The second-order valence-electron chi connectivity index (χ2n) is 3.36. The van der Waals surface area contributed by atoms with E-state index in [9.17, 15) is 9.59 Å². The molecule has 0 atom stereocenters. The molecule has 0 aliphatic rings. The van der Waals surface area contributed by atoms with Crippen LogP contribution in [-0.4, -0.2) is 21.3 Å². The molecular formula is C11H9ClN4O2. The number of nitrogens with one attached hydrogen (secondary N) is 2. The molecule has 1 aromatic carbocycles. The van der Waals surface area contributed by atoms with Gasteiger partial charge in [-0.3, -0.25) is 0 Å². The molecular weight excluding hydrogens is 256 g/mol. The molecule has 0 amide bonds. The second kappa shape index (κ2) is 4.96. The van der Waals surface area contributed by atoms with Crippen molar-refractivity contribution < 1.29 is 0 Å². The van der Waals surface area contributed by atoms with Gasteiger partial charge in [0.05, 0.1) is 17.8 Å². The predicted octanol–water partition coefficient (Wildman–Crippen LogP) is -0.183. The van der Waals surface area contributed by atoms with Gasteiger partial charge in [0, 0.05) is 5.02 Å². The predicted molar refractivity (Wildman–Crippen MR) is 68.0 cm³/mol. The van der Waals surface area contributed by atoms with Gasteiger partial charge in [-0.2, -0.15) is 0 Å². The van der Waals surface area contributed by atoms with Crippen LogP contribution < -0.4 is 17.1 Å². The number of hydrogen-bond donors (Lipinski definition) is 3. The fraction of sp³-hybridized carbons (Fsp3) is 0.0909. The Labute approximate surface area is 106 Å². The Balaban J connectivity index is 2.72. The van der Waals surface area contributed by atoms with E-state index in [1.807, 2.05) is 0 Å². The lowest BCUT2D eigenvalue weighted by Gasteiger charge is -2.03. The molecule has 2 rings (SSSR count). The Morgan fingerprint density at radius 1 is 1.28 bits per heavy atom.